The Morgan fingerprint density at radius 2 is 1.09 bits per heavy atom. The van der Waals surface area contributed by atoms with E-state index < -0.39 is 11.9 Å². The molecule has 0 aliphatic carbocycles. The first kappa shape index (κ1) is 31.6. The maximum atomic E-state index is 12.8. The Morgan fingerprint density at radius 3 is 1.51 bits per heavy atom. The van der Waals surface area contributed by atoms with Gasteiger partial charge in [-0.05, 0) is 54.6 Å². The van der Waals surface area contributed by atoms with E-state index in [1.807, 2.05) is 7.05 Å². The molecule has 2 aromatic rings. The first-order valence-corrected chi connectivity index (χ1v) is 13.8. The number of likely N-dealkylation sites (N-methyl/N-ethyl adjacent to an activating group) is 1. The molecule has 0 spiro atoms. The van der Waals surface area contributed by atoms with Gasteiger partial charge in [0.2, 0.25) is 11.5 Å². The fourth-order valence-electron chi connectivity index (χ4n) is 5.71. The van der Waals surface area contributed by atoms with Crippen LogP contribution in [0.15, 0.2) is 36.4 Å². The van der Waals surface area contributed by atoms with E-state index in [2.05, 4.69) is 4.90 Å². The summed E-state index contributed by atoms with van der Waals surface area (Å²) >= 11 is 0. The summed E-state index contributed by atoms with van der Waals surface area (Å²) in [5, 5.41) is 0. The van der Waals surface area contributed by atoms with E-state index in [1.54, 1.807) is 36.4 Å². The van der Waals surface area contributed by atoms with Gasteiger partial charge in [-0.1, -0.05) is 0 Å². The number of methoxy groups -OCH3 is 6. The van der Waals surface area contributed by atoms with Gasteiger partial charge in [0.05, 0.1) is 48.7 Å². The molecule has 0 amide bonds. The predicted octanol–water partition coefficient (Wildman–Crippen LogP) is 4.15. The highest BCUT2D eigenvalue weighted by Crippen LogP contribution is 2.40. The molecule has 0 saturated carbocycles. The van der Waals surface area contributed by atoms with Crippen molar-refractivity contribution in [3.05, 3.63) is 47.5 Å². The predicted molar refractivity (Wildman–Crippen MR) is 159 cm³/mol. The van der Waals surface area contributed by atoms with Gasteiger partial charge in [0.1, 0.15) is 12.2 Å². The van der Waals surface area contributed by atoms with Gasteiger partial charge in [-0.25, -0.2) is 9.59 Å². The Morgan fingerprint density at radius 1 is 0.651 bits per heavy atom. The Balaban J connectivity index is 1.36. The van der Waals surface area contributed by atoms with E-state index in [1.165, 1.54) is 54.8 Å². The van der Waals surface area contributed by atoms with Crippen molar-refractivity contribution in [2.75, 3.05) is 49.7 Å². The van der Waals surface area contributed by atoms with Crippen LogP contribution in [0, 0.1) is 0 Å². The molecule has 2 aliphatic rings. The lowest BCUT2D eigenvalue weighted by Gasteiger charge is -2.36. The van der Waals surface area contributed by atoms with Gasteiger partial charge in [-0.3, -0.25) is 4.90 Å². The second-order valence-electron chi connectivity index (χ2n) is 10.2. The fraction of sp³-hybridized carbons (Fsp3) is 0.438. The molecule has 43 heavy (non-hydrogen) atoms. The molecular weight excluding hydrogens is 558 g/mol. The number of ether oxygens (including phenoxy) is 8. The molecule has 4 atom stereocenters. The summed E-state index contributed by atoms with van der Waals surface area (Å²) in [6, 6.07) is 7.06. The van der Waals surface area contributed by atoms with Crippen LogP contribution in [-0.2, 0) is 19.1 Å². The number of fused-ring (bicyclic) bond motifs is 2. The van der Waals surface area contributed by atoms with Gasteiger partial charge in [0, 0.05) is 37.5 Å². The Hall–Kier alpha value is -4.38. The van der Waals surface area contributed by atoms with Gasteiger partial charge in [-0.15, -0.1) is 0 Å². The van der Waals surface area contributed by atoms with Crippen LogP contribution in [0.1, 0.15) is 30.4 Å². The minimum Gasteiger partial charge on any atom is -0.493 e. The van der Waals surface area contributed by atoms with Crippen molar-refractivity contribution in [3.63, 3.8) is 0 Å². The van der Waals surface area contributed by atoms with Gasteiger partial charge < -0.3 is 37.9 Å². The van der Waals surface area contributed by atoms with E-state index in [-0.39, 0.29) is 24.3 Å². The minimum absolute atomic E-state index is 0.0610. The van der Waals surface area contributed by atoms with Crippen LogP contribution in [0.3, 0.4) is 0 Å². The van der Waals surface area contributed by atoms with Gasteiger partial charge >= 0.3 is 11.9 Å². The number of carbonyl (C=O) groups is 2. The molecule has 2 saturated heterocycles. The average molecular weight is 598 g/mol. The third kappa shape index (κ3) is 7.16. The maximum absolute atomic E-state index is 12.8. The molecule has 0 N–H and O–H groups in total. The topological polar surface area (TPSA) is 111 Å². The molecule has 2 bridgehead atoms. The van der Waals surface area contributed by atoms with Crippen molar-refractivity contribution in [3.8, 4) is 34.5 Å². The van der Waals surface area contributed by atoms with Gasteiger partial charge in [0.25, 0.3) is 0 Å². The summed E-state index contributed by atoms with van der Waals surface area (Å²) in [6.07, 6.45) is 7.33. The maximum Gasteiger partial charge on any atom is 0.331 e. The number of hydrogen-bond donors (Lipinski definition) is 0. The zero-order valence-electron chi connectivity index (χ0n) is 25.6. The van der Waals surface area contributed by atoms with Crippen LogP contribution >= 0.6 is 0 Å². The number of rotatable bonds is 12. The molecule has 11 heteroatoms. The lowest BCUT2D eigenvalue weighted by atomic mass is 10.0. The number of hydrogen-bond acceptors (Lipinski definition) is 11. The summed E-state index contributed by atoms with van der Waals surface area (Å²) < 4.78 is 43.9. The third-order valence-corrected chi connectivity index (χ3v) is 7.82. The molecule has 2 aliphatic heterocycles. The number of piperidine rings is 1. The van der Waals surface area contributed by atoms with Crippen molar-refractivity contribution in [1.29, 1.82) is 0 Å². The lowest BCUT2D eigenvalue weighted by Crippen LogP contribution is -2.45. The largest absolute Gasteiger partial charge is 0.493 e. The minimum atomic E-state index is -0.457. The normalized spacial score (nSPS) is 21.5. The van der Waals surface area contributed by atoms with Gasteiger partial charge in [-0.2, -0.15) is 0 Å². The van der Waals surface area contributed by atoms with Crippen LogP contribution < -0.4 is 28.4 Å². The second-order valence-corrected chi connectivity index (χ2v) is 10.2. The van der Waals surface area contributed by atoms with Crippen LogP contribution in [0.4, 0.5) is 0 Å². The average Bonchev–Trinajstić information content (AvgIpc) is 3.17. The molecule has 0 radical (unpaired) electrons. The summed E-state index contributed by atoms with van der Waals surface area (Å²) in [7, 11) is 11.2. The van der Waals surface area contributed by atoms with Crippen molar-refractivity contribution in [2.24, 2.45) is 0 Å². The number of nitrogens with zero attached hydrogens (tertiary/aromatic N) is 1. The molecule has 2 aromatic carbocycles. The van der Waals surface area contributed by atoms with E-state index in [0.29, 0.717) is 64.9 Å². The van der Waals surface area contributed by atoms with Crippen molar-refractivity contribution in [1.82, 2.24) is 4.90 Å². The molecule has 232 valence electrons. The molecular formula is C32H39NO10. The highest BCUT2D eigenvalue weighted by atomic mass is 16.6. The zero-order chi connectivity index (χ0) is 31.1. The summed E-state index contributed by atoms with van der Waals surface area (Å²) in [4.78, 5) is 27.7. The van der Waals surface area contributed by atoms with Crippen molar-refractivity contribution >= 4 is 24.1 Å². The SMILES string of the molecule is COc1cc(C=CC(=O)O[C@H]2C[C@H]3C[C@H](OC(=O)C=Cc4cc(OC)c(OC)c(OC)c4)[C@@H](C2)N3C)cc(OC)c1OC. The molecule has 2 fully saturated rings. The highest BCUT2D eigenvalue weighted by molar-refractivity contribution is 5.88. The monoisotopic (exact) mass is 597 g/mol. The highest BCUT2D eigenvalue weighted by Gasteiger charge is 2.47. The second kappa shape index (κ2) is 14.2. The Bertz CT molecular complexity index is 1320. The van der Waals surface area contributed by atoms with Crippen molar-refractivity contribution < 1.29 is 47.5 Å². The smallest absolute Gasteiger partial charge is 0.331 e. The van der Waals surface area contributed by atoms with E-state index in [0.717, 1.165) is 0 Å². The summed E-state index contributed by atoms with van der Waals surface area (Å²) in [5.41, 5.74) is 1.39. The Labute approximate surface area is 251 Å². The quantitative estimate of drug-likeness (QED) is 0.260. The molecule has 0 unspecified atom stereocenters. The standard InChI is InChI=1S/C32H39NO10/c1-33-21-16-22(42-29(34)10-8-19-12-25(36-2)31(40-6)26(13-19)37-3)18-23(33)24(17-21)43-30(35)11-9-20-14-27(38-4)32(41-7)28(15-20)39-5/h8-15,21-24H,16-18H2,1-7H3/t21-,22-,23+,24-/m0/s1. The van der Waals surface area contributed by atoms with E-state index >= 15 is 0 Å². The van der Waals surface area contributed by atoms with Crippen LogP contribution in [0.2, 0.25) is 0 Å². The third-order valence-electron chi connectivity index (χ3n) is 7.82. The van der Waals surface area contributed by atoms with E-state index in [4.69, 9.17) is 37.9 Å². The number of esters is 2. The zero-order valence-corrected chi connectivity index (χ0v) is 25.6. The number of carbonyl (C=O) groups excluding carboxylic acids is 2. The van der Waals surface area contributed by atoms with Crippen LogP contribution in [0.5, 0.6) is 34.5 Å². The lowest BCUT2D eigenvalue weighted by molar-refractivity contribution is -0.149. The summed E-state index contributed by atoms with van der Waals surface area (Å²) in [6.45, 7) is 0. The Kier molecular flexibility index (Phi) is 10.4. The number of benzene rings is 2. The van der Waals surface area contributed by atoms with Gasteiger partial charge in [0.15, 0.2) is 23.0 Å². The first-order chi connectivity index (χ1) is 20.7. The fourth-order valence-corrected chi connectivity index (χ4v) is 5.71. The first-order valence-electron chi connectivity index (χ1n) is 13.8. The molecule has 0 aromatic heterocycles. The molecule has 4 rings (SSSR count). The van der Waals surface area contributed by atoms with Crippen LogP contribution in [0.25, 0.3) is 12.2 Å². The van der Waals surface area contributed by atoms with E-state index in [9.17, 15) is 9.59 Å². The van der Waals surface area contributed by atoms with Crippen LogP contribution in [-0.4, -0.2) is 90.8 Å². The summed E-state index contributed by atoms with van der Waals surface area (Å²) in [5.74, 6) is 1.98. The van der Waals surface area contributed by atoms with Crippen molar-refractivity contribution in [2.45, 2.75) is 43.6 Å². The molecule has 2 heterocycles. The molecule has 11 nitrogen and oxygen atoms in total.